The number of hydrogen-bond acceptors (Lipinski definition) is 3. The van der Waals surface area contributed by atoms with E-state index in [1.807, 2.05) is 18.2 Å². The first-order valence-corrected chi connectivity index (χ1v) is 7.49. The van der Waals surface area contributed by atoms with Crippen molar-refractivity contribution >= 4 is 5.69 Å². The van der Waals surface area contributed by atoms with E-state index in [1.165, 1.54) is 5.56 Å². The third-order valence-corrected chi connectivity index (χ3v) is 3.70. The summed E-state index contributed by atoms with van der Waals surface area (Å²) in [5, 5.41) is 3.43. The zero-order chi connectivity index (χ0) is 16.2. The van der Waals surface area contributed by atoms with Crippen molar-refractivity contribution in [3.63, 3.8) is 0 Å². The van der Waals surface area contributed by atoms with E-state index >= 15 is 0 Å². The average Bonchev–Trinajstić information content (AvgIpc) is 2.52. The van der Waals surface area contributed by atoms with Crippen LogP contribution < -0.4 is 14.8 Å². The Balaban J connectivity index is 2.04. The summed E-state index contributed by atoms with van der Waals surface area (Å²) in [6.07, 6.45) is 0. The molecule has 1 N–H and O–H groups in total. The molecule has 0 heterocycles. The van der Waals surface area contributed by atoms with E-state index < -0.39 is 0 Å². The van der Waals surface area contributed by atoms with Gasteiger partial charge in [-0.25, -0.2) is 0 Å². The topological polar surface area (TPSA) is 30.5 Å². The van der Waals surface area contributed by atoms with Crippen molar-refractivity contribution < 1.29 is 9.47 Å². The van der Waals surface area contributed by atoms with Crippen molar-refractivity contribution in [1.82, 2.24) is 0 Å². The minimum absolute atomic E-state index is 0.182. The van der Waals surface area contributed by atoms with Crippen LogP contribution in [0.15, 0.2) is 42.5 Å². The smallest absolute Gasteiger partial charge is 0.161 e. The Kier molecular flexibility index (Phi) is 4.96. The maximum absolute atomic E-state index is 5.33. The zero-order valence-corrected chi connectivity index (χ0v) is 14.1. The third kappa shape index (κ3) is 3.94. The van der Waals surface area contributed by atoms with Crippen molar-refractivity contribution in [2.45, 2.75) is 32.7 Å². The van der Waals surface area contributed by atoms with E-state index in [9.17, 15) is 0 Å². The Bertz CT molecular complexity index is 612. The average molecular weight is 299 g/mol. The molecule has 0 aromatic heterocycles. The maximum Gasteiger partial charge on any atom is 0.161 e. The van der Waals surface area contributed by atoms with Gasteiger partial charge in [-0.15, -0.1) is 0 Å². The van der Waals surface area contributed by atoms with Gasteiger partial charge in [-0.2, -0.15) is 0 Å². The van der Waals surface area contributed by atoms with E-state index in [-0.39, 0.29) is 5.41 Å². The lowest BCUT2D eigenvalue weighted by molar-refractivity contribution is 0.354. The largest absolute Gasteiger partial charge is 0.493 e. The van der Waals surface area contributed by atoms with Crippen molar-refractivity contribution in [1.29, 1.82) is 0 Å². The lowest BCUT2D eigenvalue weighted by Gasteiger charge is -2.19. The number of rotatable bonds is 5. The van der Waals surface area contributed by atoms with Gasteiger partial charge in [0.15, 0.2) is 11.5 Å². The molecular weight excluding hydrogens is 274 g/mol. The first-order chi connectivity index (χ1) is 10.4. The van der Waals surface area contributed by atoms with E-state index in [2.05, 4.69) is 50.4 Å². The van der Waals surface area contributed by atoms with Gasteiger partial charge in [0.1, 0.15) is 0 Å². The van der Waals surface area contributed by atoms with Crippen LogP contribution in [0, 0.1) is 0 Å². The van der Waals surface area contributed by atoms with Gasteiger partial charge in [-0.05, 0) is 40.8 Å². The molecule has 22 heavy (non-hydrogen) atoms. The monoisotopic (exact) mass is 299 g/mol. The first-order valence-electron chi connectivity index (χ1n) is 7.49. The number of methoxy groups -OCH3 is 2. The minimum atomic E-state index is 0.182. The highest BCUT2D eigenvalue weighted by Gasteiger charge is 2.12. The highest BCUT2D eigenvalue weighted by molar-refractivity contribution is 5.48. The molecule has 0 atom stereocenters. The molecule has 0 aliphatic heterocycles. The highest BCUT2D eigenvalue weighted by Crippen LogP contribution is 2.28. The van der Waals surface area contributed by atoms with E-state index in [0.717, 1.165) is 29.3 Å². The molecule has 3 nitrogen and oxygen atoms in total. The number of anilines is 1. The van der Waals surface area contributed by atoms with Gasteiger partial charge >= 0.3 is 0 Å². The fourth-order valence-corrected chi connectivity index (χ4v) is 2.28. The van der Waals surface area contributed by atoms with E-state index in [1.54, 1.807) is 14.2 Å². The van der Waals surface area contributed by atoms with Gasteiger partial charge in [0.2, 0.25) is 0 Å². The van der Waals surface area contributed by atoms with Crippen molar-refractivity contribution in [2.75, 3.05) is 19.5 Å². The second-order valence-electron chi connectivity index (χ2n) is 6.37. The van der Waals surface area contributed by atoms with Gasteiger partial charge in [0.25, 0.3) is 0 Å². The molecule has 0 saturated carbocycles. The molecule has 0 saturated heterocycles. The normalized spacial score (nSPS) is 11.1. The Labute approximate surface area is 133 Å². The van der Waals surface area contributed by atoms with Crippen LogP contribution in [0.4, 0.5) is 5.69 Å². The van der Waals surface area contributed by atoms with Crippen LogP contribution in [0.5, 0.6) is 11.5 Å². The summed E-state index contributed by atoms with van der Waals surface area (Å²) in [4.78, 5) is 0. The fraction of sp³-hybridized carbons (Fsp3) is 0.368. The van der Waals surface area contributed by atoms with Gasteiger partial charge in [-0.3, -0.25) is 0 Å². The number of nitrogens with one attached hydrogen (secondary N) is 1. The molecule has 2 aromatic rings. The second-order valence-corrected chi connectivity index (χ2v) is 6.37. The van der Waals surface area contributed by atoms with E-state index in [0.29, 0.717) is 0 Å². The summed E-state index contributed by atoms with van der Waals surface area (Å²) in [7, 11) is 3.30. The van der Waals surface area contributed by atoms with Gasteiger partial charge in [0.05, 0.1) is 14.2 Å². The predicted molar refractivity (Wildman–Crippen MR) is 92.0 cm³/mol. The molecule has 0 amide bonds. The standard InChI is InChI=1S/C19H25NO2/c1-19(2,3)15-7-9-16(10-8-15)20-13-14-6-11-17(21-4)18(12-14)22-5/h6-12,20H,13H2,1-5H3. The Morgan fingerprint density at radius 3 is 2.05 bits per heavy atom. The summed E-state index contributed by atoms with van der Waals surface area (Å²) >= 11 is 0. The highest BCUT2D eigenvalue weighted by atomic mass is 16.5. The lowest BCUT2D eigenvalue weighted by Crippen LogP contribution is -2.10. The summed E-state index contributed by atoms with van der Waals surface area (Å²) in [6.45, 7) is 7.41. The molecular formula is C19H25NO2. The van der Waals surface area contributed by atoms with Gasteiger partial charge in [-0.1, -0.05) is 39.0 Å². The van der Waals surface area contributed by atoms with Crippen molar-refractivity contribution in [2.24, 2.45) is 0 Å². The number of benzene rings is 2. The molecule has 3 heteroatoms. The van der Waals surface area contributed by atoms with Crippen molar-refractivity contribution in [3.8, 4) is 11.5 Å². The predicted octanol–water partition coefficient (Wildman–Crippen LogP) is 4.61. The third-order valence-electron chi connectivity index (χ3n) is 3.70. The summed E-state index contributed by atoms with van der Waals surface area (Å²) in [6, 6.07) is 14.6. The molecule has 0 unspecified atom stereocenters. The molecule has 2 rings (SSSR count). The fourth-order valence-electron chi connectivity index (χ4n) is 2.28. The second kappa shape index (κ2) is 6.73. The van der Waals surface area contributed by atoms with Gasteiger partial charge < -0.3 is 14.8 Å². The summed E-state index contributed by atoms with van der Waals surface area (Å²) in [5.74, 6) is 1.51. The van der Waals surface area contributed by atoms with Gasteiger partial charge in [0, 0.05) is 12.2 Å². The summed E-state index contributed by atoms with van der Waals surface area (Å²) in [5.41, 5.74) is 3.78. The lowest BCUT2D eigenvalue weighted by atomic mass is 9.87. The maximum atomic E-state index is 5.33. The van der Waals surface area contributed by atoms with Crippen LogP contribution in [0.1, 0.15) is 31.9 Å². The molecule has 0 radical (unpaired) electrons. The molecule has 0 aliphatic carbocycles. The summed E-state index contributed by atoms with van der Waals surface area (Å²) < 4.78 is 10.6. The molecule has 0 aliphatic rings. The molecule has 2 aromatic carbocycles. The Hall–Kier alpha value is -2.16. The molecule has 0 bridgehead atoms. The van der Waals surface area contributed by atoms with Crippen LogP contribution in [0.25, 0.3) is 0 Å². The van der Waals surface area contributed by atoms with E-state index in [4.69, 9.17) is 9.47 Å². The van der Waals surface area contributed by atoms with Crippen LogP contribution in [0.3, 0.4) is 0 Å². The van der Waals surface area contributed by atoms with Crippen LogP contribution >= 0.6 is 0 Å². The molecule has 0 spiro atoms. The van der Waals surface area contributed by atoms with Crippen LogP contribution in [-0.4, -0.2) is 14.2 Å². The van der Waals surface area contributed by atoms with Crippen LogP contribution in [-0.2, 0) is 12.0 Å². The van der Waals surface area contributed by atoms with Crippen molar-refractivity contribution in [3.05, 3.63) is 53.6 Å². The zero-order valence-electron chi connectivity index (χ0n) is 14.1. The Morgan fingerprint density at radius 1 is 0.864 bits per heavy atom. The minimum Gasteiger partial charge on any atom is -0.493 e. The molecule has 0 fully saturated rings. The van der Waals surface area contributed by atoms with Crippen LogP contribution in [0.2, 0.25) is 0 Å². The molecule has 118 valence electrons. The number of hydrogen-bond donors (Lipinski definition) is 1. The Morgan fingerprint density at radius 2 is 1.50 bits per heavy atom. The first kappa shape index (κ1) is 16.2. The SMILES string of the molecule is COc1ccc(CNc2ccc(C(C)(C)C)cc2)cc1OC. The number of ether oxygens (including phenoxy) is 2. The quantitative estimate of drug-likeness (QED) is 0.874.